The Morgan fingerprint density at radius 3 is 2.84 bits per heavy atom. The number of terminal acetylenes is 1. The highest BCUT2D eigenvalue weighted by Gasteiger charge is 2.20. The Hall–Kier alpha value is -2.26. The van der Waals surface area contributed by atoms with E-state index in [0.717, 1.165) is 25.4 Å². The molecule has 1 aliphatic rings. The van der Waals surface area contributed by atoms with Gasteiger partial charge in [-0.2, -0.15) is 0 Å². The predicted octanol–water partition coefficient (Wildman–Crippen LogP) is 3.94. The van der Waals surface area contributed by atoms with Gasteiger partial charge in [-0.15, -0.1) is 6.42 Å². The minimum absolute atomic E-state index is 0.239. The second-order valence-electron chi connectivity index (χ2n) is 8.55. The molecule has 1 fully saturated rings. The lowest BCUT2D eigenvalue weighted by molar-refractivity contribution is 0.0209. The molecule has 5 nitrogen and oxygen atoms in total. The molecule has 1 saturated carbocycles. The van der Waals surface area contributed by atoms with Crippen LogP contribution in [0.5, 0.6) is 5.75 Å². The molecule has 1 aromatic heterocycles. The molecule has 2 aromatic rings. The minimum Gasteiger partial charge on any atom is -0.497 e. The predicted molar refractivity (Wildman–Crippen MR) is 124 cm³/mol. The Kier molecular flexibility index (Phi) is 9.48. The van der Waals surface area contributed by atoms with Gasteiger partial charge in [-0.05, 0) is 48.6 Å². The Bertz CT molecular complexity index is 820. The number of hydrogen-bond donors (Lipinski definition) is 1. The van der Waals surface area contributed by atoms with Gasteiger partial charge < -0.3 is 19.1 Å². The van der Waals surface area contributed by atoms with Gasteiger partial charge in [-0.25, -0.2) is 0 Å². The fourth-order valence-corrected chi connectivity index (χ4v) is 4.49. The van der Waals surface area contributed by atoms with E-state index in [2.05, 4.69) is 45.8 Å². The smallest absolute Gasteiger partial charge is 0.119 e. The van der Waals surface area contributed by atoms with Crippen molar-refractivity contribution >= 4 is 0 Å². The Balaban J connectivity index is 1.66. The first-order chi connectivity index (χ1) is 15.2. The van der Waals surface area contributed by atoms with E-state index in [1.54, 1.807) is 7.11 Å². The number of benzene rings is 1. The summed E-state index contributed by atoms with van der Waals surface area (Å²) in [5.74, 6) is 4.04. The fourth-order valence-electron chi connectivity index (χ4n) is 4.49. The summed E-state index contributed by atoms with van der Waals surface area (Å²) >= 11 is 0. The molecule has 1 aromatic carbocycles. The van der Waals surface area contributed by atoms with E-state index in [1.165, 1.54) is 43.4 Å². The zero-order chi connectivity index (χ0) is 21.9. The van der Waals surface area contributed by atoms with Gasteiger partial charge in [0.25, 0.3) is 0 Å². The maximum absolute atomic E-state index is 10.5. The number of aliphatic hydroxyl groups is 1. The molecule has 1 heterocycles. The third kappa shape index (κ3) is 7.74. The van der Waals surface area contributed by atoms with E-state index in [1.807, 2.05) is 12.1 Å². The van der Waals surface area contributed by atoms with Gasteiger partial charge in [0, 0.05) is 38.1 Å². The summed E-state index contributed by atoms with van der Waals surface area (Å²) in [7, 11) is 1.70. The average molecular weight is 425 g/mol. The van der Waals surface area contributed by atoms with Crippen molar-refractivity contribution in [2.24, 2.45) is 5.92 Å². The molecular weight excluding hydrogens is 388 g/mol. The summed E-state index contributed by atoms with van der Waals surface area (Å²) in [6.45, 7) is 3.71. The van der Waals surface area contributed by atoms with Crippen molar-refractivity contribution in [3.63, 3.8) is 0 Å². The van der Waals surface area contributed by atoms with Crippen molar-refractivity contribution in [1.29, 1.82) is 0 Å². The second-order valence-corrected chi connectivity index (χ2v) is 8.55. The van der Waals surface area contributed by atoms with Crippen molar-refractivity contribution < 1.29 is 14.6 Å². The summed E-state index contributed by atoms with van der Waals surface area (Å²) in [5, 5.41) is 10.5. The van der Waals surface area contributed by atoms with Crippen LogP contribution in [-0.2, 0) is 17.8 Å². The third-order valence-corrected chi connectivity index (χ3v) is 6.00. The van der Waals surface area contributed by atoms with Crippen LogP contribution in [0.4, 0.5) is 0 Å². The van der Waals surface area contributed by atoms with Gasteiger partial charge in [-0.3, -0.25) is 4.90 Å². The van der Waals surface area contributed by atoms with Gasteiger partial charge in [0.2, 0.25) is 0 Å². The summed E-state index contributed by atoms with van der Waals surface area (Å²) in [6, 6.07) is 12.5. The quantitative estimate of drug-likeness (QED) is 0.414. The lowest BCUT2D eigenvalue weighted by Crippen LogP contribution is -2.38. The van der Waals surface area contributed by atoms with Crippen molar-refractivity contribution in [1.82, 2.24) is 9.47 Å². The van der Waals surface area contributed by atoms with E-state index >= 15 is 0 Å². The molecule has 168 valence electrons. The lowest BCUT2D eigenvalue weighted by atomic mass is 9.89. The molecule has 1 aliphatic carbocycles. The molecule has 0 unspecified atom stereocenters. The Morgan fingerprint density at radius 2 is 2.06 bits per heavy atom. The van der Waals surface area contributed by atoms with E-state index in [4.69, 9.17) is 15.9 Å². The molecule has 0 saturated heterocycles. The van der Waals surface area contributed by atoms with Crippen LogP contribution in [0.1, 0.15) is 43.4 Å². The molecule has 0 aliphatic heterocycles. The van der Waals surface area contributed by atoms with Gasteiger partial charge in [0.1, 0.15) is 12.4 Å². The molecular formula is C26H36N2O3. The Morgan fingerprint density at radius 1 is 1.23 bits per heavy atom. The Labute approximate surface area is 187 Å². The molecule has 1 N–H and O–H groups in total. The van der Waals surface area contributed by atoms with E-state index < -0.39 is 6.10 Å². The largest absolute Gasteiger partial charge is 0.497 e. The van der Waals surface area contributed by atoms with Gasteiger partial charge in [0.05, 0.1) is 19.8 Å². The van der Waals surface area contributed by atoms with Crippen molar-refractivity contribution in [3.05, 3.63) is 53.9 Å². The van der Waals surface area contributed by atoms with E-state index in [9.17, 15) is 5.11 Å². The SMILES string of the molecule is C#CCOC[C@H](O)CN(Cc1cccn1Cc1cccc(OC)c1)CC1CCCCC1. The molecule has 0 radical (unpaired) electrons. The normalized spacial score (nSPS) is 15.7. The first-order valence-corrected chi connectivity index (χ1v) is 11.4. The zero-order valence-electron chi connectivity index (χ0n) is 18.7. The molecule has 5 heteroatoms. The van der Waals surface area contributed by atoms with E-state index in [0.29, 0.717) is 12.5 Å². The van der Waals surface area contributed by atoms with Crippen LogP contribution in [0.25, 0.3) is 0 Å². The summed E-state index contributed by atoms with van der Waals surface area (Å²) in [6.07, 6.45) is 13.4. The number of nitrogens with zero attached hydrogens (tertiary/aromatic N) is 2. The third-order valence-electron chi connectivity index (χ3n) is 6.00. The maximum Gasteiger partial charge on any atom is 0.119 e. The summed E-state index contributed by atoms with van der Waals surface area (Å²) < 4.78 is 13.0. The van der Waals surface area contributed by atoms with Crippen LogP contribution < -0.4 is 4.74 Å². The van der Waals surface area contributed by atoms with Crippen LogP contribution in [0.3, 0.4) is 0 Å². The number of methoxy groups -OCH3 is 1. The number of aromatic nitrogens is 1. The molecule has 1 atom stereocenters. The van der Waals surface area contributed by atoms with Crippen molar-refractivity contribution in [3.8, 4) is 18.1 Å². The molecule has 0 spiro atoms. The van der Waals surface area contributed by atoms with E-state index in [-0.39, 0.29) is 13.2 Å². The number of ether oxygens (including phenoxy) is 2. The maximum atomic E-state index is 10.5. The van der Waals surface area contributed by atoms with Gasteiger partial charge in [0.15, 0.2) is 0 Å². The lowest BCUT2D eigenvalue weighted by Gasteiger charge is -2.31. The van der Waals surface area contributed by atoms with Crippen LogP contribution in [0.2, 0.25) is 0 Å². The van der Waals surface area contributed by atoms with Crippen molar-refractivity contribution in [2.75, 3.05) is 33.4 Å². The van der Waals surface area contributed by atoms with Crippen molar-refractivity contribution in [2.45, 2.75) is 51.3 Å². The molecule has 3 rings (SSSR count). The average Bonchev–Trinajstić information content (AvgIpc) is 3.21. The first-order valence-electron chi connectivity index (χ1n) is 11.4. The minimum atomic E-state index is -0.543. The number of hydrogen-bond acceptors (Lipinski definition) is 4. The monoisotopic (exact) mass is 424 g/mol. The molecule has 0 bridgehead atoms. The molecule has 31 heavy (non-hydrogen) atoms. The zero-order valence-corrected chi connectivity index (χ0v) is 18.7. The standard InChI is InChI=1S/C26H36N2O3/c1-3-15-31-21-25(29)20-27(17-22-9-5-4-6-10-22)19-24-12-8-14-28(24)18-23-11-7-13-26(16-23)30-2/h1,7-8,11-14,16,22,25,29H,4-6,9-10,15,17-21H2,2H3/t25-/m1/s1. The molecule has 0 amide bonds. The second kappa shape index (κ2) is 12.6. The van der Waals surface area contributed by atoms with Gasteiger partial charge in [-0.1, -0.05) is 37.3 Å². The highest BCUT2D eigenvalue weighted by Crippen LogP contribution is 2.25. The number of aliphatic hydroxyl groups excluding tert-OH is 1. The highest BCUT2D eigenvalue weighted by atomic mass is 16.5. The summed E-state index contributed by atoms with van der Waals surface area (Å²) in [5.41, 5.74) is 2.45. The van der Waals surface area contributed by atoms with Gasteiger partial charge >= 0.3 is 0 Å². The summed E-state index contributed by atoms with van der Waals surface area (Å²) in [4.78, 5) is 2.39. The van der Waals surface area contributed by atoms with Crippen LogP contribution in [0.15, 0.2) is 42.6 Å². The topological polar surface area (TPSA) is 46.9 Å². The van der Waals surface area contributed by atoms with Crippen LogP contribution >= 0.6 is 0 Å². The fraction of sp³-hybridized carbons (Fsp3) is 0.538. The highest BCUT2D eigenvalue weighted by molar-refractivity contribution is 5.29. The van der Waals surface area contributed by atoms with Crippen LogP contribution in [-0.4, -0.2) is 54.1 Å². The first kappa shape index (κ1) is 23.4. The number of rotatable bonds is 12. The van der Waals surface area contributed by atoms with Crippen LogP contribution in [0, 0.1) is 18.3 Å².